The predicted molar refractivity (Wildman–Crippen MR) is 90.9 cm³/mol. The number of piperidine rings is 1. The number of ketones is 1. The summed E-state index contributed by atoms with van der Waals surface area (Å²) in [5, 5.41) is 0. The van der Waals surface area contributed by atoms with E-state index in [0.717, 1.165) is 38.8 Å². The summed E-state index contributed by atoms with van der Waals surface area (Å²) in [6.45, 7) is 4.27. The molecule has 1 aromatic carbocycles. The Hall–Kier alpha value is -2.17. The predicted octanol–water partition coefficient (Wildman–Crippen LogP) is 2.36. The summed E-state index contributed by atoms with van der Waals surface area (Å²) in [4.78, 5) is 40.9. The molecule has 1 atom stereocenters. The Morgan fingerprint density at radius 3 is 2.21 bits per heavy atom. The van der Waals surface area contributed by atoms with Crippen molar-refractivity contribution in [2.45, 2.75) is 32.6 Å². The maximum Gasteiger partial charge on any atom is 0.254 e. The van der Waals surface area contributed by atoms with Crippen LogP contribution in [-0.2, 0) is 4.79 Å². The lowest BCUT2D eigenvalue weighted by molar-refractivity contribution is -0.135. The van der Waals surface area contributed by atoms with Crippen molar-refractivity contribution < 1.29 is 14.4 Å². The van der Waals surface area contributed by atoms with Crippen LogP contribution in [0.2, 0.25) is 0 Å². The van der Waals surface area contributed by atoms with Crippen molar-refractivity contribution in [3.05, 3.63) is 35.4 Å². The quantitative estimate of drug-likeness (QED) is 0.801. The smallest absolute Gasteiger partial charge is 0.254 e. The van der Waals surface area contributed by atoms with Gasteiger partial charge in [0.05, 0.1) is 11.5 Å². The molecule has 0 N–H and O–H groups in total. The maximum atomic E-state index is 12.9. The van der Waals surface area contributed by atoms with Crippen molar-refractivity contribution in [3.8, 4) is 0 Å². The van der Waals surface area contributed by atoms with Gasteiger partial charge in [-0.05, 0) is 38.7 Å². The van der Waals surface area contributed by atoms with Gasteiger partial charge < -0.3 is 9.80 Å². The minimum Gasteiger partial charge on any atom is -0.342 e. The summed E-state index contributed by atoms with van der Waals surface area (Å²) in [5.74, 6) is -0.171. The van der Waals surface area contributed by atoms with Gasteiger partial charge in [-0.25, -0.2) is 0 Å². The molecule has 0 unspecified atom stereocenters. The number of hydrogen-bond donors (Lipinski definition) is 0. The second kappa shape index (κ2) is 7.16. The van der Waals surface area contributed by atoms with E-state index in [1.54, 1.807) is 29.2 Å². The van der Waals surface area contributed by atoms with Crippen LogP contribution in [-0.4, -0.2) is 53.6 Å². The summed E-state index contributed by atoms with van der Waals surface area (Å²) in [6.07, 6.45) is 3.83. The lowest BCUT2D eigenvalue weighted by Gasteiger charge is -2.34. The molecule has 2 fully saturated rings. The Balaban J connectivity index is 1.74. The molecule has 2 amide bonds. The zero-order valence-corrected chi connectivity index (χ0v) is 14.2. The van der Waals surface area contributed by atoms with Gasteiger partial charge in [-0.2, -0.15) is 0 Å². The van der Waals surface area contributed by atoms with Gasteiger partial charge in [0.1, 0.15) is 0 Å². The first-order valence-electron chi connectivity index (χ1n) is 8.76. The molecule has 0 bridgehead atoms. The number of likely N-dealkylation sites (tertiary alicyclic amines) is 2. The van der Waals surface area contributed by atoms with Crippen molar-refractivity contribution in [2.24, 2.45) is 5.92 Å². The molecule has 2 saturated heterocycles. The Kier molecular flexibility index (Phi) is 4.97. The fourth-order valence-electron chi connectivity index (χ4n) is 3.71. The molecule has 0 saturated carbocycles. The highest BCUT2D eigenvalue weighted by Crippen LogP contribution is 2.23. The molecule has 24 heavy (non-hydrogen) atoms. The first-order chi connectivity index (χ1) is 11.6. The molecular formula is C19H24N2O3. The van der Waals surface area contributed by atoms with Crippen LogP contribution in [0.25, 0.3) is 0 Å². The molecule has 1 aromatic rings. The summed E-state index contributed by atoms with van der Waals surface area (Å²) >= 11 is 0. The highest BCUT2D eigenvalue weighted by Gasteiger charge is 2.33. The molecule has 2 heterocycles. The number of rotatable bonds is 3. The van der Waals surface area contributed by atoms with Crippen molar-refractivity contribution >= 4 is 17.6 Å². The largest absolute Gasteiger partial charge is 0.342 e. The standard InChI is InChI=1S/C19H24N2O3/c1-14(22)16-8-2-3-9-17(16)19(24)21-12-6-7-15(13-21)18(23)20-10-4-5-11-20/h2-3,8-9,15H,4-7,10-13H2,1H3/t15-/m1/s1. The molecule has 5 heteroatoms. The fourth-order valence-corrected chi connectivity index (χ4v) is 3.71. The van der Waals surface area contributed by atoms with E-state index in [0.29, 0.717) is 24.2 Å². The molecule has 0 aliphatic carbocycles. The van der Waals surface area contributed by atoms with E-state index in [2.05, 4.69) is 0 Å². The Labute approximate surface area is 142 Å². The highest BCUT2D eigenvalue weighted by atomic mass is 16.2. The Morgan fingerprint density at radius 2 is 1.54 bits per heavy atom. The number of carbonyl (C=O) groups is 3. The van der Waals surface area contributed by atoms with E-state index in [-0.39, 0.29) is 23.5 Å². The van der Waals surface area contributed by atoms with Crippen LogP contribution < -0.4 is 0 Å². The number of Topliss-reactive ketones (excluding diaryl/α,β-unsaturated/α-hetero) is 1. The van der Waals surface area contributed by atoms with Crippen LogP contribution in [0.5, 0.6) is 0 Å². The summed E-state index contributed by atoms with van der Waals surface area (Å²) < 4.78 is 0. The monoisotopic (exact) mass is 328 g/mol. The average Bonchev–Trinajstić information content (AvgIpc) is 3.15. The lowest BCUT2D eigenvalue weighted by atomic mass is 9.95. The summed E-state index contributed by atoms with van der Waals surface area (Å²) in [7, 11) is 0. The number of nitrogens with zero attached hydrogens (tertiary/aromatic N) is 2. The van der Waals surface area contributed by atoms with Gasteiger partial charge in [-0.1, -0.05) is 18.2 Å². The molecule has 2 aliphatic heterocycles. The Morgan fingerprint density at radius 1 is 0.917 bits per heavy atom. The molecule has 0 spiro atoms. The lowest BCUT2D eigenvalue weighted by Crippen LogP contribution is -2.46. The number of benzene rings is 1. The average molecular weight is 328 g/mol. The van der Waals surface area contributed by atoms with Crippen LogP contribution in [0.1, 0.15) is 53.3 Å². The SMILES string of the molecule is CC(=O)c1ccccc1C(=O)N1CCC[C@@H](C(=O)N2CCCC2)C1. The third-order valence-electron chi connectivity index (χ3n) is 5.01. The fraction of sp³-hybridized carbons (Fsp3) is 0.526. The zero-order valence-electron chi connectivity index (χ0n) is 14.2. The van der Waals surface area contributed by atoms with E-state index in [4.69, 9.17) is 0 Å². The summed E-state index contributed by atoms with van der Waals surface area (Å²) in [6, 6.07) is 6.93. The van der Waals surface area contributed by atoms with E-state index >= 15 is 0 Å². The van der Waals surface area contributed by atoms with E-state index < -0.39 is 0 Å². The van der Waals surface area contributed by atoms with E-state index in [9.17, 15) is 14.4 Å². The Bertz CT molecular complexity index is 650. The van der Waals surface area contributed by atoms with Gasteiger partial charge in [0, 0.05) is 31.7 Å². The maximum absolute atomic E-state index is 12.9. The molecular weight excluding hydrogens is 304 g/mol. The molecule has 0 radical (unpaired) electrons. The first kappa shape index (κ1) is 16.7. The van der Waals surface area contributed by atoms with Crippen molar-refractivity contribution in [1.29, 1.82) is 0 Å². The third-order valence-corrected chi connectivity index (χ3v) is 5.01. The highest BCUT2D eigenvalue weighted by molar-refractivity contribution is 6.07. The first-order valence-corrected chi connectivity index (χ1v) is 8.76. The van der Waals surface area contributed by atoms with Gasteiger partial charge in [0.2, 0.25) is 5.91 Å². The van der Waals surface area contributed by atoms with Crippen molar-refractivity contribution in [1.82, 2.24) is 9.80 Å². The van der Waals surface area contributed by atoms with E-state index in [1.807, 2.05) is 4.90 Å². The second-order valence-electron chi connectivity index (χ2n) is 6.72. The van der Waals surface area contributed by atoms with Gasteiger partial charge in [0.15, 0.2) is 5.78 Å². The van der Waals surface area contributed by atoms with Crippen LogP contribution in [0.15, 0.2) is 24.3 Å². The van der Waals surface area contributed by atoms with Gasteiger partial charge in [-0.15, -0.1) is 0 Å². The minimum absolute atomic E-state index is 0.106. The topological polar surface area (TPSA) is 57.7 Å². The van der Waals surface area contributed by atoms with Crippen LogP contribution in [0, 0.1) is 5.92 Å². The molecule has 128 valence electrons. The second-order valence-corrected chi connectivity index (χ2v) is 6.72. The minimum atomic E-state index is -0.139. The van der Waals surface area contributed by atoms with Gasteiger partial charge in [-0.3, -0.25) is 14.4 Å². The van der Waals surface area contributed by atoms with Crippen molar-refractivity contribution in [2.75, 3.05) is 26.2 Å². The van der Waals surface area contributed by atoms with Crippen LogP contribution in [0.4, 0.5) is 0 Å². The van der Waals surface area contributed by atoms with Gasteiger partial charge in [0.25, 0.3) is 5.91 Å². The summed E-state index contributed by atoms with van der Waals surface area (Å²) in [5.41, 5.74) is 0.898. The molecule has 5 nitrogen and oxygen atoms in total. The van der Waals surface area contributed by atoms with Gasteiger partial charge >= 0.3 is 0 Å². The normalized spacial score (nSPS) is 21.0. The molecule has 3 rings (SSSR count). The van der Waals surface area contributed by atoms with Crippen LogP contribution >= 0.6 is 0 Å². The van der Waals surface area contributed by atoms with Crippen LogP contribution in [0.3, 0.4) is 0 Å². The number of amides is 2. The zero-order chi connectivity index (χ0) is 17.1. The van der Waals surface area contributed by atoms with Crippen molar-refractivity contribution in [3.63, 3.8) is 0 Å². The number of carbonyl (C=O) groups excluding carboxylic acids is 3. The third kappa shape index (κ3) is 3.35. The number of hydrogen-bond acceptors (Lipinski definition) is 3. The van der Waals surface area contributed by atoms with E-state index in [1.165, 1.54) is 6.92 Å². The molecule has 2 aliphatic rings. The molecule has 0 aromatic heterocycles.